The minimum Gasteiger partial charge on any atom is -0.490 e. The molecule has 1 unspecified atom stereocenters. The molecule has 1 aromatic carbocycles. The Balaban J connectivity index is 1.74. The highest BCUT2D eigenvalue weighted by molar-refractivity contribution is 6.29. The van der Waals surface area contributed by atoms with E-state index in [1.807, 2.05) is 6.07 Å². The van der Waals surface area contributed by atoms with Crippen molar-refractivity contribution in [3.63, 3.8) is 0 Å². The summed E-state index contributed by atoms with van der Waals surface area (Å²) in [5.74, 6) is 0.633. The zero-order chi connectivity index (χ0) is 19.7. The molecule has 4 rings (SSSR count). The molecule has 144 valence electrons. The van der Waals surface area contributed by atoms with Gasteiger partial charge in [0, 0.05) is 12.5 Å². The van der Waals surface area contributed by atoms with Crippen molar-refractivity contribution in [3.05, 3.63) is 59.1 Å². The number of nitrogens with zero attached hydrogens (tertiary/aromatic N) is 5. The van der Waals surface area contributed by atoms with E-state index in [-0.39, 0.29) is 11.0 Å². The van der Waals surface area contributed by atoms with Crippen molar-refractivity contribution in [2.45, 2.75) is 12.6 Å². The Morgan fingerprint density at radius 2 is 2.00 bits per heavy atom. The van der Waals surface area contributed by atoms with E-state index in [2.05, 4.69) is 20.3 Å². The number of methoxy groups -OCH3 is 1. The Bertz CT molecular complexity index is 1150. The van der Waals surface area contributed by atoms with Gasteiger partial charge in [-0.05, 0) is 42.8 Å². The quantitative estimate of drug-likeness (QED) is 0.460. The minimum atomic E-state index is -1.95. The predicted octanol–water partition coefficient (Wildman–Crippen LogP) is 3.58. The van der Waals surface area contributed by atoms with Crippen LogP contribution in [0.15, 0.2) is 42.6 Å². The molecule has 0 bridgehead atoms. The Morgan fingerprint density at radius 1 is 1.14 bits per heavy atom. The lowest BCUT2D eigenvalue weighted by atomic mass is 9.95. The topological polar surface area (TPSA) is 74.4 Å². The number of aromatic nitrogens is 5. The van der Waals surface area contributed by atoms with Gasteiger partial charge in [-0.15, -0.1) is 10.2 Å². The summed E-state index contributed by atoms with van der Waals surface area (Å²) in [5, 5.41) is 13.1. The fourth-order valence-corrected chi connectivity index (χ4v) is 3.05. The molecule has 0 spiro atoms. The second-order valence-electron chi connectivity index (χ2n) is 6.37. The highest BCUT2D eigenvalue weighted by Crippen LogP contribution is 2.34. The second-order valence-corrected chi connectivity index (χ2v) is 6.76. The van der Waals surface area contributed by atoms with Gasteiger partial charge in [-0.25, -0.2) is 4.39 Å². The number of halogens is 2. The molecule has 0 aliphatic carbocycles. The van der Waals surface area contributed by atoms with E-state index in [1.165, 1.54) is 11.4 Å². The van der Waals surface area contributed by atoms with Gasteiger partial charge < -0.3 is 9.47 Å². The molecule has 0 amide bonds. The van der Waals surface area contributed by atoms with Crippen LogP contribution in [0.2, 0.25) is 5.15 Å². The van der Waals surface area contributed by atoms with Crippen molar-refractivity contribution < 1.29 is 13.9 Å². The van der Waals surface area contributed by atoms with Crippen LogP contribution in [0.5, 0.6) is 5.75 Å². The smallest absolute Gasteiger partial charge is 0.196 e. The Labute approximate surface area is 165 Å². The molecule has 0 saturated heterocycles. The highest BCUT2D eigenvalue weighted by atomic mass is 35.5. The van der Waals surface area contributed by atoms with Crippen LogP contribution < -0.4 is 4.74 Å². The van der Waals surface area contributed by atoms with Gasteiger partial charge in [0.15, 0.2) is 17.1 Å². The van der Waals surface area contributed by atoms with Crippen LogP contribution >= 0.6 is 11.6 Å². The molecular weight excluding hydrogens is 385 g/mol. The lowest BCUT2D eigenvalue weighted by Gasteiger charge is -2.19. The normalized spacial score (nSPS) is 13.7. The Morgan fingerprint density at radius 3 is 2.82 bits per heavy atom. The largest absolute Gasteiger partial charge is 0.490 e. The molecule has 4 aromatic rings. The summed E-state index contributed by atoms with van der Waals surface area (Å²) in [7, 11) is 1.60. The number of pyridine rings is 1. The first-order chi connectivity index (χ1) is 13.5. The van der Waals surface area contributed by atoms with Gasteiger partial charge in [-0.1, -0.05) is 17.7 Å². The average molecular weight is 402 g/mol. The standard InChI is InChI=1S/C19H17ClFN5O2/c1-19(21,18-24-23-17-6-5-16(20)25-26(17)18)13-3-4-15-12(9-13)10-14(11-22-15)28-8-7-27-2/h3-6,9-11H,7-8H2,1-2H3. The minimum absolute atomic E-state index is 0.0461. The number of hydrogen-bond acceptors (Lipinski definition) is 6. The lowest BCUT2D eigenvalue weighted by molar-refractivity contribution is 0.146. The third-order valence-corrected chi connectivity index (χ3v) is 4.61. The first kappa shape index (κ1) is 18.5. The molecule has 9 heteroatoms. The number of benzene rings is 1. The van der Waals surface area contributed by atoms with Crippen LogP contribution in [0.3, 0.4) is 0 Å². The van der Waals surface area contributed by atoms with Gasteiger partial charge in [-0.3, -0.25) is 4.98 Å². The number of alkyl halides is 1. The number of ether oxygens (including phenoxy) is 2. The summed E-state index contributed by atoms with van der Waals surface area (Å²) in [6.07, 6.45) is 1.63. The van der Waals surface area contributed by atoms with Crippen molar-refractivity contribution in [1.82, 2.24) is 24.8 Å². The molecule has 28 heavy (non-hydrogen) atoms. The molecule has 3 heterocycles. The van der Waals surface area contributed by atoms with Crippen molar-refractivity contribution >= 4 is 28.2 Å². The van der Waals surface area contributed by atoms with Crippen molar-refractivity contribution in [2.75, 3.05) is 20.3 Å². The summed E-state index contributed by atoms with van der Waals surface area (Å²) >= 11 is 5.95. The van der Waals surface area contributed by atoms with Gasteiger partial charge in [-0.2, -0.15) is 9.61 Å². The van der Waals surface area contributed by atoms with Crippen molar-refractivity contribution in [2.24, 2.45) is 0 Å². The molecule has 0 radical (unpaired) electrons. The maximum absolute atomic E-state index is 15.9. The van der Waals surface area contributed by atoms with Crippen LogP contribution in [0.1, 0.15) is 18.3 Å². The number of hydrogen-bond donors (Lipinski definition) is 0. The molecule has 0 fully saturated rings. The fourth-order valence-electron chi connectivity index (χ4n) is 2.91. The Kier molecular flexibility index (Phi) is 4.82. The summed E-state index contributed by atoms with van der Waals surface area (Å²) < 4.78 is 27.7. The molecule has 7 nitrogen and oxygen atoms in total. The van der Waals surface area contributed by atoms with E-state index >= 15 is 4.39 Å². The maximum Gasteiger partial charge on any atom is 0.196 e. The van der Waals surface area contributed by atoms with E-state index in [0.29, 0.717) is 30.2 Å². The predicted molar refractivity (Wildman–Crippen MR) is 102 cm³/mol. The summed E-state index contributed by atoms with van der Waals surface area (Å²) in [6, 6.07) is 10.2. The van der Waals surface area contributed by atoms with Crippen molar-refractivity contribution in [1.29, 1.82) is 0 Å². The Hall–Kier alpha value is -2.84. The molecular formula is C19H17ClFN5O2. The van der Waals surface area contributed by atoms with E-state index in [9.17, 15) is 0 Å². The lowest BCUT2D eigenvalue weighted by Crippen LogP contribution is -2.21. The fraction of sp³-hybridized carbons (Fsp3) is 0.263. The monoisotopic (exact) mass is 401 g/mol. The highest BCUT2D eigenvalue weighted by Gasteiger charge is 2.35. The van der Waals surface area contributed by atoms with E-state index in [0.717, 1.165) is 10.9 Å². The summed E-state index contributed by atoms with van der Waals surface area (Å²) in [5.41, 5.74) is -0.407. The van der Waals surface area contributed by atoms with Crippen molar-refractivity contribution in [3.8, 4) is 5.75 Å². The molecule has 3 aromatic heterocycles. The van der Waals surface area contributed by atoms with Gasteiger partial charge in [0.25, 0.3) is 0 Å². The molecule has 0 aliphatic rings. The molecule has 0 saturated carbocycles. The first-order valence-electron chi connectivity index (χ1n) is 8.58. The van der Waals surface area contributed by atoms with Gasteiger partial charge in [0.05, 0.1) is 18.3 Å². The zero-order valence-electron chi connectivity index (χ0n) is 15.3. The molecule has 0 aliphatic heterocycles. The zero-order valence-corrected chi connectivity index (χ0v) is 16.0. The van der Waals surface area contributed by atoms with Gasteiger partial charge in [0.2, 0.25) is 0 Å². The third kappa shape index (κ3) is 3.36. The second kappa shape index (κ2) is 7.29. The van der Waals surface area contributed by atoms with Crippen LogP contribution in [0.4, 0.5) is 4.39 Å². The summed E-state index contributed by atoms with van der Waals surface area (Å²) in [4.78, 5) is 4.36. The molecule has 0 N–H and O–H groups in total. The van der Waals surface area contributed by atoms with Crippen LogP contribution in [-0.4, -0.2) is 45.1 Å². The number of fused-ring (bicyclic) bond motifs is 2. The average Bonchev–Trinajstić information content (AvgIpc) is 3.11. The maximum atomic E-state index is 15.9. The van der Waals surface area contributed by atoms with Gasteiger partial charge in [0.1, 0.15) is 17.5 Å². The molecule has 1 atom stereocenters. The SMILES string of the molecule is COCCOc1cnc2ccc(C(C)(F)c3nnc4ccc(Cl)nn34)cc2c1. The third-order valence-electron chi connectivity index (χ3n) is 4.40. The van der Waals surface area contributed by atoms with Gasteiger partial charge >= 0.3 is 0 Å². The van der Waals surface area contributed by atoms with E-state index in [1.54, 1.807) is 43.6 Å². The first-order valence-corrected chi connectivity index (χ1v) is 8.96. The van der Waals surface area contributed by atoms with Crippen LogP contribution in [0, 0.1) is 0 Å². The summed E-state index contributed by atoms with van der Waals surface area (Å²) in [6.45, 7) is 2.29. The van der Waals surface area contributed by atoms with E-state index in [4.69, 9.17) is 21.1 Å². The van der Waals surface area contributed by atoms with Crippen LogP contribution in [-0.2, 0) is 10.4 Å². The van der Waals surface area contributed by atoms with Crippen LogP contribution in [0.25, 0.3) is 16.6 Å². The number of rotatable bonds is 6. The van der Waals surface area contributed by atoms with E-state index < -0.39 is 5.67 Å².